The fourth-order valence-electron chi connectivity index (χ4n) is 1.54. The van der Waals surface area contributed by atoms with Crippen LogP contribution in [-0.4, -0.2) is 41.9 Å². The normalized spacial score (nSPS) is 10.5. The molecule has 1 aromatic carbocycles. The van der Waals surface area contributed by atoms with Gasteiger partial charge in [-0.25, -0.2) is 13.6 Å². The third-order valence-corrected chi connectivity index (χ3v) is 2.33. The molecule has 1 N–H and O–H groups in total. The number of hydrogen-bond donors (Lipinski definition) is 1. The highest BCUT2D eigenvalue weighted by molar-refractivity contribution is 5.97. The van der Waals surface area contributed by atoms with Crippen LogP contribution in [0.5, 0.6) is 0 Å². The van der Waals surface area contributed by atoms with Gasteiger partial charge < -0.3 is 10.0 Å². The van der Waals surface area contributed by atoms with Gasteiger partial charge >= 0.3 is 5.97 Å². The number of carbonyl (C=O) groups is 2. The molecule has 0 radical (unpaired) electrons. The number of nitrogens with zero attached hydrogens (tertiary/aromatic N) is 1. The van der Waals surface area contributed by atoms with Crippen molar-refractivity contribution in [3.05, 3.63) is 34.9 Å². The van der Waals surface area contributed by atoms with Gasteiger partial charge in [0.25, 0.3) is 12.3 Å². The van der Waals surface area contributed by atoms with Crippen molar-refractivity contribution < 1.29 is 23.5 Å². The lowest BCUT2D eigenvalue weighted by atomic mass is 10.1. The molecule has 0 spiro atoms. The molecule has 1 rings (SSSR count). The van der Waals surface area contributed by atoms with Gasteiger partial charge in [0.15, 0.2) is 0 Å². The minimum Gasteiger partial charge on any atom is -0.478 e. The van der Waals surface area contributed by atoms with Crippen LogP contribution in [0.3, 0.4) is 0 Å². The smallest absolute Gasteiger partial charge is 0.335 e. The quantitative estimate of drug-likeness (QED) is 0.897. The lowest BCUT2D eigenvalue weighted by Crippen LogP contribution is -2.31. The van der Waals surface area contributed by atoms with Gasteiger partial charge in [0, 0.05) is 12.6 Å². The molecule has 0 aliphatic carbocycles. The number of carboxylic acid groups (broad SMARTS) is 1. The number of halogens is 2. The number of amides is 1. The minimum atomic E-state index is -2.62. The van der Waals surface area contributed by atoms with Gasteiger partial charge in [0.2, 0.25) is 0 Å². The molecule has 0 unspecified atom stereocenters. The highest BCUT2D eigenvalue weighted by atomic mass is 19.3. The molecule has 1 amide bonds. The SMILES string of the molecule is Cc1cc(C(=O)O)cc(C(=O)N(C)CC(F)F)c1. The lowest BCUT2D eigenvalue weighted by Gasteiger charge is -2.17. The van der Waals surface area contributed by atoms with Crippen LogP contribution >= 0.6 is 0 Å². The molecule has 0 aromatic heterocycles. The number of rotatable bonds is 4. The van der Waals surface area contributed by atoms with E-state index < -0.39 is 24.8 Å². The first-order chi connectivity index (χ1) is 8.31. The van der Waals surface area contributed by atoms with E-state index in [9.17, 15) is 18.4 Å². The summed E-state index contributed by atoms with van der Waals surface area (Å²) in [5.41, 5.74) is 0.642. The first-order valence-electron chi connectivity index (χ1n) is 5.20. The first-order valence-corrected chi connectivity index (χ1v) is 5.20. The summed E-state index contributed by atoms with van der Waals surface area (Å²) < 4.78 is 24.3. The maximum absolute atomic E-state index is 12.2. The Bertz CT molecular complexity index is 474. The van der Waals surface area contributed by atoms with E-state index in [2.05, 4.69) is 0 Å². The number of carboxylic acids is 1. The molecule has 0 fully saturated rings. The van der Waals surface area contributed by atoms with Crippen molar-refractivity contribution in [1.82, 2.24) is 4.90 Å². The Morgan fingerprint density at radius 2 is 1.83 bits per heavy atom. The Balaban J connectivity index is 3.02. The van der Waals surface area contributed by atoms with Crippen LogP contribution in [0.25, 0.3) is 0 Å². The second-order valence-corrected chi connectivity index (χ2v) is 3.97. The third-order valence-electron chi connectivity index (χ3n) is 2.33. The topological polar surface area (TPSA) is 57.6 Å². The monoisotopic (exact) mass is 257 g/mol. The fourth-order valence-corrected chi connectivity index (χ4v) is 1.54. The fraction of sp³-hybridized carbons (Fsp3) is 0.333. The second kappa shape index (κ2) is 5.57. The number of alkyl halides is 2. The first kappa shape index (κ1) is 14.1. The largest absolute Gasteiger partial charge is 0.478 e. The van der Waals surface area contributed by atoms with Crippen molar-refractivity contribution in [1.29, 1.82) is 0 Å². The summed E-state index contributed by atoms with van der Waals surface area (Å²) in [6.45, 7) is 0.950. The average molecular weight is 257 g/mol. The van der Waals surface area contributed by atoms with Crippen LogP contribution in [0.2, 0.25) is 0 Å². The molecule has 4 nitrogen and oxygen atoms in total. The van der Waals surface area contributed by atoms with Crippen molar-refractivity contribution in [2.45, 2.75) is 13.3 Å². The Kier molecular flexibility index (Phi) is 4.36. The Hall–Kier alpha value is -1.98. The van der Waals surface area contributed by atoms with E-state index in [1.54, 1.807) is 6.92 Å². The van der Waals surface area contributed by atoms with Gasteiger partial charge in [-0.3, -0.25) is 4.79 Å². The Morgan fingerprint density at radius 3 is 2.33 bits per heavy atom. The molecule has 0 atom stereocenters. The van der Waals surface area contributed by atoms with Gasteiger partial charge in [0.1, 0.15) is 0 Å². The zero-order valence-corrected chi connectivity index (χ0v) is 9.98. The van der Waals surface area contributed by atoms with Crippen LogP contribution in [-0.2, 0) is 0 Å². The third kappa shape index (κ3) is 3.51. The van der Waals surface area contributed by atoms with Gasteiger partial charge in [-0.1, -0.05) is 0 Å². The predicted octanol–water partition coefficient (Wildman–Crippen LogP) is 2.03. The summed E-state index contributed by atoms with van der Waals surface area (Å²) in [7, 11) is 1.25. The van der Waals surface area contributed by atoms with Crippen molar-refractivity contribution in [3.8, 4) is 0 Å². The van der Waals surface area contributed by atoms with Crippen molar-refractivity contribution in [2.24, 2.45) is 0 Å². The van der Waals surface area contributed by atoms with E-state index in [1.165, 1.54) is 25.2 Å². The van der Waals surface area contributed by atoms with Crippen molar-refractivity contribution in [3.63, 3.8) is 0 Å². The Labute approximate surface area is 103 Å². The molecule has 18 heavy (non-hydrogen) atoms. The molecule has 0 bridgehead atoms. The maximum atomic E-state index is 12.2. The molecular weight excluding hydrogens is 244 g/mol. The Morgan fingerprint density at radius 1 is 1.28 bits per heavy atom. The molecule has 0 aliphatic heterocycles. The van der Waals surface area contributed by atoms with Gasteiger partial charge in [-0.2, -0.15) is 0 Å². The van der Waals surface area contributed by atoms with E-state index in [-0.39, 0.29) is 11.1 Å². The highest BCUT2D eigenvalue weighted by Gasteiger charge is 2.17. The summed E-state index contributed by atoms with van der Waals surface area (Å²) in [4.78, 5) is 23.5. The molecule has 1 aromatic rings. The number of hydrogen-bond acceptors (Lipinski definition) is 2. The van der Waals surface area contributed by atoms with E-state index in [0.717, 1.165) is 4.90 Å². The van der Waals surface area contributed by atoms with E-state index >= 15 is 0 Å². The standard InChI is InChI=1S/C12H13F2NO3/c1-7-3-8(5-9(4-7)12(17)18)11(16)15(2)6-10(13)14/h3-5,10H,6H2,1-2H3,(H,17,18). The summed E-state index contributed by atoms with van der Waals surface area (Å²) in [6, 6.07) is 4.06. The number of aryl methyl sites for hydroxylation is 1. The second-order valence-electron chi connectivity index (χ2n) is 3.97. The zero-order chi connectivity index (χ0) is 13.9. The molecule has 0 saturated heterocycles. The predicted molar refractivity (Wildman–Crippen MR) is 61.1 cm³/mol. The number of carbonyl (C=O) groups excluding carboxylic acids is 1. The molecule has 0 aliphatic rings. The molecular formula is C12H13F2NO3. The van der Waals surface area contributed by atoms with Crippen LogP contribution < -0.4 is 0 Å². The summed E-state index contributed by atoms with van der Waals surface area (Å²) >= 11 is 0. The van der Waals surface area contributed by atoms with Crippen molar-refractivity contribution in [2.75, 3.05) is 13.6 Å². The van der Waals surface area contributed by atoms with E-state index in [1.807, 2.05) is 0 Å². The summed E-state index contributed by atoms with van der Waals surface area (Å²) in [6.07, 6.45) is -2.62. The minimum absolute atomic E-state index is 0.0382. The summed E-state index contributed by atoms with van der Waals surface area (Å²) in [5, 5.41) is 8.85. The molecule has 98 valence electrons. The average Bonchev–Trinajstić information content (AvgIpc) is 2.26. The molecule has 0 heterocycles. The van der Waals surface area contributed by atoms with Crippen LogP contribution in [0, 0.1) is 6.92 Å². The van der Waals surface area contributed by atoms with Gasteiger partial charge in [-0.05, 0) is 30.7 Å². The summed E-state index contributed by atoms with van der Waals surface area (Å²) in [5.74, 6) is -1.79. The number of benzene rings is 1. The maximum Gasteiger partial charge on any atom is 0.335 e. The zero-order valence-electron chi connectivity index (χ0n) is 9.98. The molecule has 6 heteroatoms. The van der Waals surface area contributed by atoms with Crippen LogP contribution in [0.4, 0.5) is 8.78 Å². The number of aromatic carboxylic acids is 1. The van der Waals surface area contributed by atoms with E-state index in [0.29, 0.717) is 5.56 Å². The lowest BCUT2D eigenvalue weighted by molar-refractivity contribution is 0.0620. The van der Waals surface area contributed by atoms with Gasteiger partial charge in [0.05, 0.1) is 12.1 Å². The van der Waals surface area contributed by atoms with Crippen LogP contribution in [0.15, 0.2) is 18.2 Å². The van der Waals surface area contributed by atoms with Crippen molar-refractivity contribution >= 4 is 11.9 Å². The highest BCUT2D eigenvalue weighted by Crippen LogP contribution is 2.12. The van der Waals surface area contributed by atoms with Gasteiger partial charge in [-0.15, -0.1) is 0 Å². The van der Waals surface area contributed by atoms with Crippen LogP contribution in [0.1, 0.15) is 26.3 Å². The molecule has 0 saturated carbocycles. The van der Waals surface area contributed by atoms with E-state index in [4.69, 9.17) is 5.11 Å².